The number of anilines is 3. The van der Waals surface area contributed by atoms with Crippen molar-refractivity contribution < 1.29 is 9.47 Å². The number of nitrogens with zero attached hydrogens (tertiary/aromatic N) is 5. The molecule has 1 saturated heterocycles. The second-order valence-electron chi connectivity index (χ2n) is 8.91. The van der Waals surface area contributed by atoms with Gasteiger partial charge >= 0.3 is 0 Å². The van der Waals surface area contributed by atoms with Gasteiger partial charge in [0, 0.05) is 62.7 Å². The topological polar surface area (TPSA) is 54.0 Å². The van der Waals surface area contributed by atoms with Gasteiger partial charge < -0.3 is 24.2 Å². The van der Waals surface area contributed by atoms with E-state index in [2.05, 4.69) is 34.9 Å². The lowest BCUT2D eigenvalue weighted by Crippen LogP contribution is -2.47. The van der Waals surface area contributed by atoms with Crippen molar-refractivity contribution >= 4 is 39.7 Å². The van der Waals surface area contributed by atoms with Crippen LogP contribution in [0, 0.1) is 0 Å². The van der Waals surface area contributed by atoms with Crippen LogP contribution in [-0.4, -0.2) is 64.5 Å². The molecule has 0 bridgehead atoms. The summed E-state index contributed by atoms with van der Waals surface area (Å²) >= 11 is 6.26. The molecule has 2 heterocycles. The van der Waals surface area contributed by atoms with Gasteiger partial charge in [0.25, 0.3) is 0 Å². The number of hydrogen-bond donors (Lipinski definition) is 0. The van der Waals surface area contributed by atoms with Crippen LogP contribution in [-0.2, 0) is 0 Å². The molecule has 1 aliphatic heterocycles. The number of aromatic nitrogens is 2. The monoisotopic (exact) mass is 467 g/mol. The number of piperazine rings is 1. The van der Waals surface area contributed by atoms with E-state index in [1.165, 1.54) is 5.69 Å². The second kappa shape index (κ2) is 8.78. The zero-order valence-corrected chi connectivity index (χ0v) is 20.4. The molecule has 2 aromatic carbocycles. The molecule has 0 amide bonds. The van der Waals surface area contributed by atoms with Gasteiger partial charge in [-0.05, 0) is 37.1 Å². The number of fused-ring (bicyclic) bond motifs is 1. The first-order valence-corrected chi connectivity index (χ1v) is 11.8. The van der Waals surface area contributed by atoms with Crippen LogP contribution in [0.25, 0.3) is 10.9 Å². The number of benzene rings is 2. The van der Waals surface area contributed by atoms with E-state index in [4.69, 9.17) is 31.0 Å². The van der Waals surface area contributed by atoms with Crippen molar-refractivity contribution in [2.75, 3.05) is 69.2 Å². The van der Waals surface area contributed by atoms with Gasteiger partial charge in [0.2, 0.25) is 0 Å². The summed E-state index contributed by atoms with van der Waals surface area (Å²) in [6, 6.07) is 10.1. The standard InChI is InChI=1S/C25H30ClN5O2/c1-29(2)21-13-17(26)7-8-20(21)30-9-11-31(12-10-30)25-18-14-22(32-3)23(33-4)15-19(18)27-24(28-25)16-5-6-16/h7-8,13-16H,5-6,9-12H2,1-4H3. The Bertz CT molecular complexity index is 1170. The zero-order chi connectivity index (χ0) is 23.1. The maximum absolute atomic E-state index is 6.26. The largest absolute Gasteiger partial charge is 0.493 e. The van der Waals surface area contributed by atoms with E-state index in [0.717, 1.165) is 72.3 Å². The Labute approximate surface area is 199 Å². The summed E-state index contributed by atoms with van der Waals surface area (Å²) in [6.45, 7) is 3.56. The molecule has 1 saturated carbocycles. The molecule has 33 heavy (non-hydrogen) atoms. The third-order valence-corrected chi connectivity index (χ3v) is 6.71. The molecule has 0 unspecified atom stereocenters. The van der Waals surface area contributed by atoms with Crippen LogP contribution in [0.5, 0.6) is 11.5 Å². The Morgan fingerprint density at radius 3 is 2.21 bits per heavy atom. The molecule has 2 fully saturated rings. The fraction of sp³-hybridized carbons (Fsp3) is 0.440. The van der Waals surface area contributed by atoms with Crippen molar-refractivity contribution in [3.8, 4) is 11.5 Å². The van der Waals surface area contributed by atoms with Crippen LogP contribution in [0.4, 0.5) is 17.2 Å². The van der Waals surface area contributed by atoms with Crippen molar-refractivity contribution in [1.29, 1.82) is 0 Å². The molecule has 3 aromatic rings. The van der Waals surface area contributed by atoms with Crippen molar-refractivity contribution in [3.05, 3.63) is 41.2 Å². The maximum Gasteiger partial charge on any atom is 0.162 e. The van der Waals surface area contributed by atoms with Gasteiger partial charge in [0.1, 0.15) is 11.6 Å². The van der Waals surface area contributed by atoms with E-state index in [1.807, 2.05) is 24.3 Å². The third kappa shape index (κ3) is 4.22. The highest BCUT2D eigenvalue weighted by Crippen LogP contribution is 2.42. The van der Waals surface area contributed by atoms with Crippen LogP contribution >= 0.6 is 11.6 Å². The molecule has 1 aliphatic carbocycles. The maximum atomic E-state index is 6.26. The minimum Gasteiger partial charge on any atom is -0.493 e. The van der Waals surface area contributed by atoms with E-state index in [9.17, 15) is 0 Å². The van der Waals surface area contributed by atoms with Crippen molar-refractivity contribution in [1.82, 2.24) is 9.97 Å². The molecule has 174 valence electrons. The molecule has 2 aliphatic rings. The SMILES string of the molecule is COc1cc2nc(C3CC3)nc(N3CCN(c4ccc(Cl)cc4N(C)C)CC3)c2cc1OC. The molecule has 0 spiro atoms. The Hall–Kier alpha value is -2.93. The number of hydrogen-bond acceptors (Lipinski definition) is 7. The molecule has 1 aromatic heterocycles. The predicted octanol–water partition coefficient (Wildman–Crippen LogP) is 4.57. The second-order valence-corrected chi connectivity index (χ2v) is 9.34. The number of rotatable bonds is 6. The molecule has 0 N–H and O–H groups in total. The van der Waals surface area contributed by atoms with E-state index < -0.39 is 0 Å². The van der Waals surface area contributed by atoms with Crippen LogP contribution < -0.4 is 24.2 Å². The Morgan fingerprint density at radius 1 is 0.909 bits per heavy atom. The summed E-state index contributed by atoms with van der Waals surface area (Å²) in [5.41, 5.74) is 3.26. The highest BCUT2D eigenvalue weighted by molar-refractivity contribution is 6.31. The normalized spacial score (nSPS) is 16.3. The predicted molar refractivity (Wildman–Crippen MR) is 135 cm³/mol. The van der Waals surface area contributed by atoms with Crippen LogP contribution in [0.3, 0.4) is 0 Å². The quantitative estimate of drug-likeness (QED) is 0.526. The molecule has 0 radical (unpaired) electrons. The molecule has 5 rings (SSSR count). The first kappa shape index (κ1) is 21.9. The van der Waals surface area contributed by atoms with Gasteiger partial charge in [-0.2, -0.15) is 0 Å². The first-order valence-electron chi connectivity index (χ1n) is 11.4. The van der Waals surface area contributed by atoms with Gasteiger partial charge in [-0.25, -0.2) is 9.97 Å². The van der Waals surface area contributed by atoms with Crippen molar-refractivity contribution in [2.45, 2.75) is 18.8 Å². The Morgan fingerprint density at radius 2 is 1.58 bits per heavy atom. The summed E-state index contributed by atoms with van der Waals surface area (Å²) in [7, 11) is 7.43. The summed E-state index contributed by atoms with van der Waals surface area (Å²) in [6.07, 6.45) is 2.33. The number of halogens is 1. The fourth-order valence-corrected chi connectivity index (χ4v) is 4.67. The van der Waals surface area contributed by atoms with Gasteiger partial charge in [0.05, 0.1) is 31.1 Å². The summed E-state index contributed by atoms with van der Waals surface area (Å²) in [5, 5.41) is 1.76. The van der Waals surface area contributed by atoms with Crippen LogP contribution in [0.15, 0.2) is 30.3 Å². The summed E-state index contributed by atoms with van der Waals surface area (Å²) in [4.78, 5) is 16.8. The van der Waals surface area contributed by atoms with Gasteiger partial charge in [-0.1, -0.05) is 11.6 Å². The molecule has 0 atom stereocenters. The lowest BCUT2D eigenvalue weighted by Gasteiger charge is -2.38. The highest BCUT2D eigenvalue weighted by atomic mass is 35.5. The fourth-order valence-electron chi connectivity index (χ4n) is 4.50. The smallest absolute Gasteiger partial charge is 0.162 e. The highest BCUT2D eigenvalue weighted by Gasteiger charge is 2.30. The Kier molecular flexibility index (Phi) is 5.83. The molecular formula is C25H30ClN5O2. The van der Waals surface area contributed by atoms with E-state index in [1.54, 1.807) is 14.2 Å². The van der Waals surface area contributed by atoms with Crippen LogP contribution in [0.2, 0.25) is 5.02 Å². The van der Waals surface area contributed by atoms with Crippen molar-refractivity contribution in [3.63, 3.8) is 0 Å². The minimum absolute atomic E-state index is 0.472. The minimum atomic E-state index is 0.472. The third-order valence-electron chi connectivity index (χ3n) is 6.48. The van der Waals surface area contributed by atoms with E-state index >= 15 is 0 Å². The van der Waals surface area contributed by atoms with E-state index in [-0.39, 0.29) is 0 Å². The molecule has 7 nitrogen and oxygen atoms in total. The average molecular weight is 468 g/mol. The van der Waals surface area contributed by atoms with E-state index in [0.29, 0.717) is 17.4 Å². The average Bonchev–Trinajstić information content (AvgIpc) is 3.68. The number of ether oxygens (including phenoxy) is 2. The zero-order valence-electron chi connectivity index (χ0n) is 19.6. The van der Waals surface area contributed by atoms with Gasteiger partial charge in [-0.15, -0.1) is 0 Å². The Balaban J connectivity index is 1.47. The summed E-state index contributed by atoms with van der Waals surface area (Å²) in [5.74, 6) is 3.80. The number of methoxy groups -OCH3 is 2. The first-order chi connectivity index (χ1) is 16.0. The van der Waals surface area contributed by atoms with Gasteiger partial charge in [-0.3, -0.25) is 0 Å². The summed E-state index contributed by atoms with van der Waals surface area (Å²) < 4.78 is 11.1. The molecular weight excluding hydrogens is 438 g/mol. The van der Waals surface area contributed by atoms with Crippen molar-refractivity contribution in [2.24, 2.45) is 0 Å². The molecule has 8 heteroatoms. The lowest BCUT2D eigenvalue weighted by molar-refractivity contribution is 0.355. The lowest BCUT2D eigenvalue weighted by atomic mass is 10.1. The van der Waals surface area contributed by atoms with Crippen LogP contribution in [0.1, 0.15) is 24.6 Å². The van der Waals surface area contributed by atoms with Gasteiger partial charge in [0.15, 0.2) is 11.5 Å².